The quantitative estimate of drug-likeness (QED) is 0.821. The van der Waals surface area contributed by atoms with Gasteiger partial charge in [0.2, 0.25) is 0 Å². The standard InChI is InChI=1S/C18H18O7S/c1-18(10-19)9-14-15(7-11(17(20)21)8-16(14)25-18)24-12-3-5-13(6-4-12)26(2,22)23/h3-8,19H,9-10H2,1-2H3,(H,20,21). The van der Waals surface area contributed by atoms with Crippen LogP contribution in [0, 0.1) is 0 Å². The molecule has 0 bridgehead atoms. The summed E-state index contributed by atoms with van der Waals surface area (Å²) in [6.07, 6.45) is 1.47. The molecular weight excluding hydrogens is 360 g/mol. The van der Waals surface area contributed by atoms with E-state index in [1.165, 1.54) is 36.4 Å². The van der Waals surface area contributed by atoms with E-state index in [4.69, 9.17) is 9.47 Å². The molecular formula is C18H18O7S. The number of hydrogen-bond donors (Lipinski definition) is 2. The van der Waals surface area contributed by atoms with Crippen molar-refractivity contribution >= 4 is 15.8 Å². The number of aliphatic hydroxyl groups is 1. The Hall–Kier alpha value is -2.58. The zero-order chi connectivity index (χ0) is 19.1. The summed E-state index contributed by atoms with van der Waals surface area (Å²) in [5, 5.41) is 18.8. The summed E-state index contributed by atoms with van der Waals surface area (Å²) in [5.74, 6) is -0.126. The molecule has 1 unspecified atom stereocenters. The van der Waals surface area contributed by atoms with Gasteiger partial charge < -0.3 is 19.7 Å². The van der Waals surface area contributed by atoms with Gasteiger partial charge >= 0.3 is 5.97 Å². The summed E-state index contributed by atoms with van der Waals surface area (Å²) in [5.41, 5.74) is -0.204. The van der Waals surface area contributed by atoms with Crippen LogP contribution in [-0.4, -0.2) is 43.1 Å². The molecule has 0 radical (unpaired) electrons. The Kier molecular flexibility index (Phi) is 4.41. The third-order valence-corrected chi connectivity index (χ3v) is 5.26. The number of sulfone groups is 1. The van der Waals surface area contributed by atoms with Crippen molar-refractivity contribution in [3.63, 3.8) is 0 Å². The highest BCUT2D eigenvalue weighted by Gasteiger charge is 2.37. The molecule has 0 fully saturated rings. The molecule has 1 heterocycles. The summed E-state index contributed by atoms with van der Waals surface area (Å²) in [6, 6.07) is 8.62. The van der Waals surface area contributed by atoms with Crippen LogP contribution < -0.4 is 9.47 Å². The van der Waals surface area contributed by atoms with Crippen molar-refractivity contribution in [2.75, 3.05) is 12.9 Å². The van der Waals surface area contributed by atoms with Gasteiger partial charge in [-0.1, -0.05) is 0 Å². The molecule has 1 atom stereocenters. The van der Waals surface area contributed by atoms with E-state index in [9.17, 15) is 23.4 Å². The van der Waals surface area contributed by atoms with Gasteiger partial charge in [0.25, 0.3) is 0 Å². The molecule has 2 N–H and O–H groups in total. The number of benzene rings is 2. The molecule has 7 nitrogen and oxygen atoms in total. The van der Waals surface area contributed by atoms with Gasteiger partial charge in [-0.3, -0.25) is 0 Å². The van der Waals surface area contributed by atoms with Crippen LogP contribution in [0.1, 0.15) is 22.8 Å². The van der Waals surface area contributed by atoms with E-state index >= 15 is 0 Å². The fourth-order valence-corrected chi connectivity index (χ4v) is 3.38. The molecule has 0 saturated carbocycles. The van der Waals surface area contributed by atoms with Crippen LogP contribution in [0.25, 0.3) is 0 Å². The SMILES string of the molecule is CC1(CO)Cc2c(Oc3ccc(S(C)(=O)=O)cc3)cc(C(=O)O)cc2O1. The van der Waals surface area contributed by atoms with Crippen molar-refractivity contribution in [3.05, 3.63) is 47.5 Å². The Labute approximate surface area is 150 Å². The molecule has 1 aliphatic heterocycles. The minimum atomic E-state index is -3.32. The largest absolute Gasteiger partial charge is 0.484 e. The summed E-state index contributed by atoms with van der Waals surface area (Å²) in [4.78, 5) is 11.5. The monoisotopic (exact) mass is 378 g/mol. The Morgan fingerprint density at radius 1 is 1.27 bits per heavy atom. The van der Waals surface area contributed by atoms with Gasteiger partial charge in [0, 0.05) is 18.2 Å². The summed E-state index contributed by atoms with van der Waals surface area (Å²) in [7, 11) is -3.32. The molecule has 138 valence electrons. The predicted molar refractivity (Wildman–Crippen MR) is 92.8 cm³/mol. The lowest BCUT2D eigenvalue weighted by Crippen LogP contribution is -2.34. The second-order valence-corrected chi connectivity index (χ2v) is 8.50. The Balaban J connectivity index is 1.99. The number of rotatable bonds is 5. The fraction of sp³-hybridized carbons (Fsp3) is 0.278. The topological polar surface area (TPSA) is 110 Å². The first-order valence-corrected chi connectivity index (χ1v) is 9.68. The van der Waals surface area contributed by atoms with Crippen molar-refractivity contribution in [2.45, 2.75) is 23.8 Å². The second kappa shape index (κ2) is 6.30. The summed E-state index contributed by atoms with van der Waals surface area (Å²) < 4.78 is 34.6. The van der Waals surface area contributed by atoms with Crippen molar-refractivity contribution in [1.29, 1.82) is 0 Å². The second-order valence-electron chi connectivity index (χ2n) is 6.49. The maximum absolute atomic E-state index is 11.5. The highest BCUT2D eigenvalue weighted by molar-refractivity contribution is 7.90. The van der Waals surface area contributed by atoms with Gasteiger partial charge in [-0.2, -0.15) is 0 Å². The molecule has 0 aliphatic carbocycles. The molecule has 2 aromatic rings. The summed E-state index contributed by atoms with van der Waals surface area (Å²) >= 11 is 0. The molecule has 0 amide bonds. The maximum Gasteiger partial charge on any atom is 0.335 e. The average molecular weight is 378 g/mol. The van der Waals surface area contributed by atoms with E-state index in [0.29, 0.717) is 29.2 Å². The normalized spacial score (nSPS) is 18.9. The number of carbonyl (C=O) groups is 1. The summed E-state index contributed by atoms with van der Waals surface area (Å²) in [6.45, 7) is 1.49. The van der Waals surface area contributed by atoms with Crippen LogP contribution >= 0.6 is 0 Å². The lowest BCUT2D eigenvalue weighted by atomic mass is 9.98. The first-order valence-electron chi connectivity index (χ1n) is 7.79. The lowest BCUT2D eigenvalue weighted by Gasteiger charge is -2.20. The molecule has 0 saturated heterocycles. The molecule has 3 rings (SSSR count). The Bertz CT molecular complexity index is 964. The number of carboxylic acid groups (broad SMARTS) is 1. The highest BCUT2D eigenvalue weighted by atomic mass is 32.2. The zero-order valence-corrected chi connectivity index (χ0v) is 15.0. The zero-order valence-electron chi connectivity index (χ0n) is 14.2. The van der Waals surface area contributed by atoms with Gasteiger partial charge in [-0.15, -0.1) is 0 Å². The van der Waals surface area contributed by atoms with Crippen LogP contribution in [0.4, 0.5) is 0 Å². The molecule has 1 aliphatic rings. The first kappa shape index (κ1) is 18.2. The van der Waals surface area contributed by atoms with E-state index in [0.717, 1.165) is 6.26 Å². The van der Waals surface area contributed by atoms with Crippen LogP contribution in [0.3, 0.4) is 0 Å². The van der Waals surface area contributed by atoms with Gasteiger partial charge in [-0.25, -0.2) is 13.2 Å². The third-order valence-electron chi connectivity index (χ3n) is 4.14. The van der Waals surface area contributed by atoms with Gasteiger partial charge in [0.1, 0.15) is 22.8 Å². The number of hydrogen-bond acceptors (Lipinski definition) is 6. The van der Waals surface area contributed by atoms with Crippen molar-refractivity contribution < 1.29 is 32.9 Å². The molecule has 2 aromatic carbocycles. The van der Waals surface area contributed by atoms with E-state index in [2.05, 4.69) is 0 Å². The number of ether oxygens (including phenoxy) is 2. The molecule has 0 aromatic heterocycles. The average Bonchev–Trinajstić information content (AvgIpc) is 2.92. The fourth-order valence-electron chi connectivity index (χ4n) is 2.75. The van der Waals surface area contributed by atoms with E-state index < -0.39 is 21.4 Å². The van der Waals surface area contributed by atoms with E-state index in [-0.39, 0.29) is 17.1 Å². The molecule has 26 heavy (non-hydrogen) atoms. The van der Waals surface area contributed by atoms with Crippen molar-refractivity contribution in [2.24, 2.45) is 0 Å². The number of fused-ring (bicyclic) bond motifs is 1. The van der Waals surface area contributed by atoms with Crippen LogP contribution in [-0.2, 0) is 16.3 Å². The van der Waals surface area contributed by atoms with Crippen molar-refractivity contribution in [1.82, 2.24) is 0 Å². The third kappa shape index (κ3) is 3.51. The lowest BCUT2D eigenvalue weighted by molar-refractivity contribution is 0.0444. The number of aromatic carboxylic acids is 1. The van der Waals surface area contributed by atoms with E-state index in [1.807, 2.05) is 0 Å². The van der Waals surface area contributed by atoms with Crippen LogP contribution in [0.15, 0.2) is 41.3 Å². The smallest absolute Gasteiger partial charge is 0.335 e. The van der Waals surface area contributed by atoms with E-state index in [1.54, 1.807) is 6.92 Å². The first-order chi connectivity index (χ1) is 12.1. The number of aliphatic hydroxyl groups excluding tert-OH is 1. The predicted octanol–water partition coefficient (Wildman–Crippen LogP) is 2.27. The van der Waals surface area contributed by atoms with Crippen LogP contribution in [0.2, 0.25) is 0 Å². The molecule has 8 heteroatoms. The number of carboxylic acids is 1. The van der Waals surface area contributed by atoms with Crippen LogP contribution in [0.5, 0.6) is 17.2 Å². The van der Waals surface area contributed by atoms with Gasteiger partial charge in [0.15, 0.2) is 9.84 Å². The van der Waals surface area contributed by atoms with Gasteiger partial charge in [-0.05, 0) is 43.3 Å². The highest BCUT2D eigenvalue weighted by Crippen LogP contribution is 2.43. The Morgan fingerprint density at radius 2 is 1.92 bits per heavy atom. The maximum atomic E-state index is 11.5. The Morgan fingerprint density at radius 3 is 2.46 bits per heavy atom. The molecule has 0 spiro atoms. The van der Waals surface area contributed by atoms with Crippen molar-refractivity contribution in [3.8, 4) is 17.2 Å². The van der Waals surface area contributed by atoms with Gasteiger partial charge in [0.05, 0.1) is 17.1 Å². The minimum Gasteiger partial charge on any atom is -0.484 e. The minimum absolute atomic E-state index is 0.00584.